The lowest BCUT2D eigenvalue weighted by atomic mass is 10.0. The average Bonchev–Trinajstić information content (AvgIpc) is 2.91. The van der Waals surface area contributed by atoms with E-state index in [1.807, 2.05) is 23.1 Å². The molecule has 5 nitrogen and oxygen atoms in total. The maximum atomic E-state index is 12.8. The fourth-order valence-electron chi connectivity index (χ4n) is 3.03. The molecule has 0 saturated heterocycles. The van der Waals surface area contributed by atoms with Crippen molar-refractivity contribution in [2.24, 2.45) is 0 Å². The van der Waals surface area contributed by atoms with Crippen LogP contribution in [0.25, 0.3) is 11.0 Å². The lowest BCUT2D eigenvalue weighted by Crippen LogP contribution is -2.30. The van der Waals surface area contributed by atoms with Gasteiger partial charge in [0.05, 0.1) is 0 Å². The number of nitrogens with zero attached hydrogens (tertiary/aromatic N) is 3. The SMILES string of the molecule is O=C(c1ccc2n[nH]nc2c1)N1CCCc2ccccc2C1. The Morgan fingerprint density at radius 2 is 1.86 bits per heavy atom. The molecule has 2 heterocycles. The molecule has 1 aliphatic heterocycles. The maximum absolute atomic E-state index is 12.8. The fourth-order valence-corrected chi connectivity index (χ4v) is 3.03. The van der Waals surface area contributed by atoms with E-state index in [2.05, 4.69) is 33.6 Å². The topological polar surface area (TPSA) is 61.9 Å². The van der Waals surface area contributed by atoms with Gasteiger partial charge in [-0.25, -0.2) is 0 Å². The molecule has 0 unspecified atom stereocenters. The summed E-state index contributed by atoms with van der Waals surface area (Å²) in [5.41, 5.74) is 4.76. The summed E-state index contributed by atoms with van der Waals surface area (Å²) in [5, 5.41) is 10.7. The summed E-state index contributed by atoms with van der Waals surface area (Å²) >= 11 is 0. The first-order chi connectivity index (χ1) is 10.8. The first-order valence-electron chi connectivity index (χ1n) is 7.48. The van der Waals surface area contributed by atoms with Crippen LogP contribution >= 0.6 is 0 Å². The van der Waals surface area contributed by atoms with Gasteiger partial charge in [0.25, 0.3) is 5.91 Å². The molecule has 1 amide bonds. The zero-order valence-electron chi connectivity index (χ0n) is 12.1. The van der Waals surface area contributed by atoms with E-state index < -0.39 is 0 Å². The van der Waals surface area contributed by atoms with Crippen LogP contribution in [0.15, 0.2) is 42.5 Å². The monoisotopic (exact) mass is 292 g/mol. The number of aromatic amines is 1. The number of H-pyrrole nitrogens is 1. The molecule has 0 bridgehead atoms. The highest BCUT2D eigenvalue weighted by Gasteiger charge is 2.20. The van der Waals surface area contributed by atoms with Crippen LogP contribution in [0.1, 0.15) is 27.9 Å². The standard InChI is InChI=1S/C17H16N4O/c22-17(13-7-8-15-16(10-13)19-20-18-15)21-9-3-6-12-4-1-2-5-14(12)11-21/h1-2,4-5,7-8,10H,3,6,9,11H2,(H,18,19,20). The Balaban J connectivity index is 1.64. The van der Waals surface area contributed by atoms with Crippen LogP contribution in [-0.4, -0.2) is 32.8 Å². The molecule has 0 radical (unpaired) electrons. The van der Waals surface area contributed by atoms with Gasteiger partial charge in [0.15, 0.2) is 0 Å². The molecule has 4 rings (SSSR count). The number of carbonyl (C=O) groups excluding carboxylic acids is 1. The summed E-state index contributed by atoms with van der Waals surface area (Å²) in [4.78, 5) is 14.7. The number of carbonyl (C=O) groups is 1. The first-order valence-corrected chi connectivity index (χ1v) is 7.48. The van der Waals surface area contributed by atoms with Crippen molar-refractivity contribution in [3.8, 4) is 0 Å². The molecule has 1 aliphatic rings. The Morgan fingerprint density at radius 3 is 2.77 bits per heavy atom. The van der Waals surface area contributed by atoms with Gasteiger partial charge in [0.2, 0.25) is 0 Å². The van der Waals surface area contributed by atoms with Gasteiger partial charge < -0.3 is 4.90 Å². The Morgan fingerprint density at radius 1 is 1.05 bits per heavy atom. The van der Waals surface area contributed by atoms with E-state index in [1.165, 1.54) is 11.1 Å². The maximum Gasteiger partial charge on any atom is 0.254 e. The highest BCUT2D eigenvalue weighted by atomic mass is 16.2. The minimum absolute atomic E-state index is 0.0570. The molecule has 0 atom stereocenters. The molecule has 110 valence electrons. The van der Waals surface area contributed by atoms with Gasteiger partial charge in [-0.15, -0.1) is 0 Å². The third kappa shape index (κ3) is 2.24. The van der Waals surface area contributed by atoms with Gasteiger partial charge in [0.1, 0.15) is 11.0 Å². The largest absolute Gasteiger partial charge is 0.334 e. The Kier molecular flexibility index (Phi) is 3.11. The zero-order valence-corrected chi connectivity index (χ0v) is 12.1. The number of hydrogen-bond donors (Lipinski definition) is 1. The van der Waals surface area contributed by atoms with Crippen molar-refractivity contribution in [1.29, 1.82) is 0 Å². The van der Waals surface area contributed by atoms with Crippen molar-refractivity contribution >= 4 is 16.9 Å². The number of rotatable bonds is 1. The smallest absolute Gasteiger partial charge is 0.254 e. The van der Waals surface area contributed by atoms with Crippen molar-refractivity contribution in [3.05, 3.63) is 59.2 Å². The van der Waals surface area contributed by atoms with Crippen molar-refractivity contribution in [3.63, 3.8) is 0 Å². The van der Waals surface area contributed by atoms with Crippen LogP contribution in [0.3, 0.4) is 0 Å². The number of benzene rings is 2. The zero-order chi connectivity index (χ0) is 14.9. The number of aromatic nitrogens is 3. The summed E-state index contributed by atoms with van der Waals surface area (Å²) in [6.07, 6.45) is 2.03. The molecular weight excluding hydrogens is 276 g/mol. The van der Waals surface area contributed by atoms with Crippen molar-refractivity contribution in [2.45, 2.75) is 19.4 Å². The Hall–Kier alpha value is -2.69. The van der Waals surface area contributed by atoms with Crippen LogP contribution < -0.4 is 0 Å². The molecule has 0 spiro atoms. The van der Waals surface area contributed by atoms with Crippen LogP contribution in [-0.2, 0) is 13.0 Å². The fraction of sp³-hybridized carbons (Fsp3) is 0.235. The van der Waals surface area contributed by atoms with Crippen molar-refractivity contribution < 1.29 is 4.79 Å². The molecule has 22 heavy (non-hydrogen) atoms. The quantitative estimate of drug-likeness (QED) is 0.749. The number of hydrogen-bond acceptors (Lipinski definition) is 3. The molecule has 0 fully saturated rings. The predicted molar refractivity (Wildman–Crippen MR) is 83.4 cm³/mol. The minimum atomic E-state index is 0.0570. The molecule has 3 aromatic rings. The van der Waals surface area contributed by atoms with Crippen LogP contribution in [0, 0.1) is 0 Å². The van der Waals surface area contributed by atoms with Gasteiger partial charge in [0, 0.05) is 18.7 Å². The van der Waals surface area contributed by atoms with Gasteiger partial charge in [-0.1, -0.05) is 24.3 Å². The van der Waals surface area contributed by atoms with Gasteiger partial charge in [-0.3, -0.25) is 4.79 Å². The second-order valence-corrected chi connectivity index (χ2v) is 5.63. The summed E-state index contributed by atoms with van der Waals surface area (Å²) < 4.78 is 0. The molecular formula is C17H16N4O. The van der Waals surface area contributed by atoms with E-state index in [0.29, 0.717) is 12.1 Å². The minimum Gasteiger partial charge on any atom is -0.334 e. The molecule has 0 aliphatic carbocycles. The van der Waals surface area contributed by atoms with Gasteiger partial charge in [-0.2, -0.15) is 15.4 Å². The summed E-state index contributed by atoms with van der Waals surface area (Å²) in [7, 11) is 0. The van der Waals surface area contributed by atoms with Gasteiger partial charge >= 0.3 is 0 Å². The molecule has 1 N–H and O–H groups in total. The molecule has 1 aromatic heterocycles. The predicted octanol–water partition coefficient (Wildman–Crippen LogP) is 2.55. The van der Waals surface area contributed by atoms with Crippen LogP contribution in [0.2, 0.25) is 0 Å². The number of fused-ring (bicyclic) bond motifs is 2. The highest BCUT2D eigenvalue weighted by molar-refractivity contribution is 5.97. The Labute approximate surface area is 127 Å². The molecule has 2 aromatic carbocycles. The summed E-state index contributed by atoms with van der Waals surface area (Å²) in [6.45, 7) is 1.45. The van der Waals surface area contributed by atoms with E-state index in [0.717, 1.165) is 30.4 Å². The van der Waals surface area contributed by atoms with E-state index >= 15 is 0 Å². The molecule has 0 saturated carbocycles. The van der Waals surface area contributed by atoms with Crippen LogP contribution in [0.4, 0.5) is 0 Å². The van der Waals surface area contributed by atoms with Gasteiger partial charge in [-0.05, 0) is 42.2 Å². The van der Waals surface area contributed by atoms with Crippen LogP contribution in [0.5, 0.6) is 0 Å². The normalized spacial score (nSPS) is 14.6. The highest BCUT2D eigenvalue weighted by Crippen LogP contribution is 2.21. The lowest BCUT2D eigenvalue weighted by Gasteiger charge is -2.21. The summed E-state index contributed by atoms with van der Waals surface area (Å²) in [6, 6.07) is 13.8. The summed E-state index contributed by atoms with van der Waals surface area (Å²) in [5.74, 6) is 0.0570. The lowest BCUT2D eigenvalue weighted by molar-refractivity contribution is 0.0746. The van der Waals surface area contributed by atoms with E-state index in [1.54, 1.807) is 6.07 Å². The first kappa shape index (κ1) is 13.0. The second kappa shape index (κ2) is 5.26. The number of amides is 1. The van der Waals surface area contributed by atoms with E-state index in [-0.39, 0.29) is 5.91 Å². The number of aryl methyl sites for hydroxylation is 1. The third-order valence-corrected chi connectivity index (χ3v) is 4.20. The third-order valence-electron chi connectivity index (χ3n) is 4.20. The second-order valence-electron chi connectivity index (χ2n) is 5.63. The van der Waals surface area contributed by atoms with E-state index in [4.69, 9.17) is 0 Å². The average molecular weight is 292 g/mol. The van der Waals surface area contributed by atoms with E-state index in [9.17, 15) is 4.79 Å². The van der Waals surface area contributed by atoms with Crippen molar-refractivity contribution in [2.75, 3.05) is 6.54 Å². The van der Waals surface area contributed by atoms with Crippen molar-refractivity contribution in [1.82, 2.24) is 20.3 Å². The molecule has 5 heteroatoms. The number of nitrogens with one attached hydrogen (secondary N) is 1. The Bertz CT molecular complexity index is 839.